The molecule has 14 aromatic rings. The minimum Gasteiger partial charge on any atom is -0.456 e. The summed E-state index contributed by atoms with van der Waals surface area (Å²) in [5.41, 5.74) is 8.27. The van der Waals surface area contributed by atoms with Gasteiger partial charge in [-0.1, -0.05) is 127 Å². The molecule has 0 fully saturated rings. The summed E-state index contributed by atoms with van der Waals surface area (Å²) in [6, 6.07) is 79.0. The van der Waals surface area contributed by atoms with Crippen LogP contribution in [0.25, 0.3) is 109 Å². The molecule has 3 heterocycles. The van der Waals surface area contributed by atoms with Crippen molar-refractivity contribution in [2.75, 3.05) is 0 Å². The molecule has 4 nitrogen and oxygen atoms in total. The van der Waals surface area contributed by atoms with E-state index in [9.17, 15) is 0 Å². The Hall–Kier alpha value is -8.17. The Kier molecular flexibility index (Phi) is 7.64. The molecule has 11 aromatic carbocycles. The molecule has 0 saturated heterocycles. The van der Waals surface area contributed by atoms with Crippen LogP contribution in [0.4, 0.5) is 0 Å². The Labute approximate surface area is 373 Å². The lowest BCUT2D eigenvalue weighted by Crippen LogP contribution is -2.25. The molecule has 0 aliphatic heterocycles. The summed E-state index contributed by atoms with van der Waals surface area (Å²) in [6.07, 6.45) is 0. The maximum atomic E-state index is 17.2. The Morgan fingerprint density at radius 1 is 0.277 bits per heavy atom. The third-order valence-corrected chi connectivity index (χ3v) is 16.8. The minimum atomic E-state index is -3.61. The molecule has 0 N–H and O–H groups in total. The maximum Gasteiger partial charge on any atom is 0.171 e. The van der Waals surface area contributed by atoms with E-state index in [-0.39, 0.29) is 0 Å². The van der Waals surface area contributed by atoms with Gasteiger partial charge in [-0.2, -0.15) is 0 Å². The number of nitrogens with zero attached hydrogens (tertiary/aromatic N) is 2. The van der Waals surface area contributed by atoms with Gasteiger partial charge < -0.3 is 18.1 Å². The lowest BCUT2D eigenvalue weighted by atomic mass is 9.93. The quantitative estimate of drug-likeness (QED) is 0.128. The van der Waals surface area contributed by atoms with Crippen LogP contribution in [-0.4, -0.2) is 9.13 Å². The van der Waals surface area contributed by atoms with Crippen LogP contribution < -0.4 is 15.9 Å². The van der Waals surface area contributed by atoms with Crippen molar-refractivity contribution >= 4 is 121 Å². The van der Waals surface area contributed by atoms with Crippen LogP contribution in [0, 0.1) is 0 Å². The molecular formula is C60H37N2O2P. The van der Waals surface area contributed by atoms with Crippen molar-refractivity contribution in [1.29, 1.82) is 0 Å². The van der Waals surface area contributed by atoms with E-state index >= 15 is 4.57 Å². The van der Waals surface area contributed by atoms with Gasteiger partial charge in [0.15, 0.2) is 7.14 Å². The molecule has 0 atom stereocenters. The van der Waals surface area contributed by atoms with E-state index in [1.165, 1.54) is 5.39 Å². The van der Waals surface area contributed by atoms with E-state index in [0.717, 1.165) is 120 Å². The summed E-state index contributed by atoms with van der Waals surface area (Å²) in [5, 5.41) is 15.7. The van der Waals surface area contributed by atoms with Crippen molar-refractivity contribution in [3.63, 3.8) is 0 Å². The number of furan rings is 1. The largest absolute Gasteiger partial charge is 0.456 e. The number of aromatic nitrogens is 2. The summed E-state index contributed by atoms with van der Waals surface area (Å²) in [4.78, 5) is 0. The van der Waals surface area contributed by atoms with E-state index in [2.05, 4.69) is 221 Å². The molecule has 0 saturated carbocycles. The molecule has 0 amide bonds. The van der Waals surface area contributed by atoms with Gasteiger partial charge >= 0.3 is 0 Å². The van der Waals surface area contributed by atoms with Gasteiger partial charge in [-0.05, 0) is 129 Å². The van der Waals surface area contributed by atoms with Crippen LogP contribution in [0.2, 0.25) is 0 Å². The zero-order valence-electron chi connectivity index (χ0n) is 35.0. The van der Waals surface area contributed by atoms with Crippen molar-refractivity contribution in [3.05, 3.63) is 224 Å². The zero-order valence-corrected chi connectivity index (χ0v) is 35.9. The number of benzene rings is 11. The van der Waals surface area contributed by atoms with Crippen molar-refractivity contribution in [2.45, 2.75) is 0 Å². The predicted octanol–water partition coefficient (Wildman–Crippen LogP) is 14.9. The van der Waals surface area contributed by atoms with E-state index in [4.69, 9.17) is 4.42 Å². The number of rotatable bonds is 5. The standard InChI is InChI=1S/C60H37N2O2P/c63-65(41-28-31-57-52(34-41)46-21-9-12-24-55(46)61(57)38-15-3-1-4-16-38,42-29-32-58-53(35-42)47-22-10-13-25-56(47)62(58)39-17-5-2-6-18-39)40-27-30-45-49(33-40)43-19-7-8-20-44(43)50-36-54-48-23-11-14-26-59(48)64-60(54)37-51(45)50/h1-37H. The summed E-state index contributed by atoms with van der Waals surface area (Å²) >= 11 is 0. The molecule has 14 rings (SSSR count). The first-order valence-electron chi connectivity index (χ1n) is 22.1. The highest BCUT2D eigenvalue weighted by Gasteiger charge is 2.32. The number of hydrogen-bond acceptors (Lipinski definition) is 2. The second-order valence-corrected chi connectivity index (χ2v) is 19.9. The van der Waals surface area contributed by atoms with E-state index in [0.29, 0.717) is 0 Å². The molecular weight excluding hydrogens is 812 g/mol. The lowest BCUT2D eigenvalue weighted by molar-refractivity contribution is 0.592. The molecule has 0 aliphatic rings. The molecule has 0 spiro atoms. The highest BCUT2D eigenvalue weighted by Crippen LogP contribution is 2.48. The molecule has 65 heavy (non-hydrogen) atoms. The van der Waals surface area contributed by atoms with Crippen LogP contribution in [0.1, 0.15) is 0 Å². The van der Waals surface area contributed by atoms with Gasteiger partial charge in [-0.3, -0.25) is 0 Å². The van der Waals surface area contributed by atoms with Crippen LogP contribution >= 0.6 is 7.14 Å². The van der Waals surface area contributed by atoms with Gasteiger partial charge in [-0.25, -0.2) is 0 Å². The fourth-order valence-corrected chi connectivity index (χ4v) is 13.5. The van der Waals surface area contributed by atoms with Crippen LogP contribution in [0.3, 0.4) is 0 Å². The monoisotopic (exact) mass is 848 g/mol. The van der Waals surface area contributed by atoms with Crippen molar-refractivity contribution < 1.29 is 8.98 Å². The highest BCUT2D eigenvalue weighted by atomic mass is 31.2. The summed E-state index contributed by atoms with van der Waals surface area (Å²) < 4.78 is 28.3. The van der Waals surface area contributed by atoms with Crippen LogP contribution in [0.15, 0.2) is 229 Å². The van der Waals surface area contributed by atoms with Gasteiger partial charge in [0.1, 0.15) is 11.2 Å². The molecule has 0 unspecified atom stereocenters. The topological polar surface area (TPSA) is 40.1 Å². The van der Waals surface area contributed by atoms with Crippen molar-refractivity contribution in [1.82, 2.24) is 9.13 Å². The molecule has 0 bridgehead atoms. The highest BCUT2D eigenvalue weighted by molar-refractivity contribution is 7.85. The summed E-state index contributed by atoms with van der Waals surface area (Å²) in [5.74, 6) is 0. The molecule has 0 aliphatic carbocycles. The number of hydrogen-bond donors (Lipinski definition) is 0. The lowest BCUT2D eigenvalue weighted by Gasteiger charge is -2.22. The summed E-state index contributed by atoms with van der Waals surface area (Å²) in [6.45, 7) is 0. The maximum absolute atomic E-state index is 17.2. The summed E-state index contributed by atoms with van der Waals surface area (Å²) in [7, 11) is -3.61. The Morgan fingerprint density at radius 3 is 1.25 bits per heavy atom. The third-order valence-electron chi connectivity index (χ3n) is 13.7. The zero-order chi connectivity index (χ0) is 42.8. The molecule has 5 heteroatoms. The van der Waals surface area contributed by atoms with Gasteiger partial charge in [0.05, 0.1) is 22.1 Å². The first-order valence-corrected chi connectivity index (χ1v) is 23.8. The average Bonchev–Trinajstić information content (AvgIpc) is 4.03. The van der Waals surface area contributed by atoms with Crippen molar-refractivity contribution in [2.24, 2.45) is 0 Å². The second-order valence-electron chi connectivity index (χ2n) is 17.2. The van der Waals surface area contributed by atoms with E-state index < -0.39 is 7.14 Å². The molecule has 304 valence electrons. The second kappa shape index (κ2) is 13.7. The number of para-hydroxylation sites is 5. The SMILES string of the molecule is O=P(c1ccc2c(c1)c1ccccc1c1cc3c(cc21)oc1ccccc13)(c1ccc2c(c1)c1ccccc1n2-c1ccccc1)c1ccc2c(c1)c1ccccc1n2-c1ccccc1. The van der Waals surface area contributed by atoms with Crippen LogP contribution in [-0.2, 0) is 4.57 Å². The van der Waals surface area contributed by atoms with Gasteiger partial charge in [0.25, 0.3) is 0 Å². The number of fused-ring (bicyclic) bond motifs is 15. The first kappa shape index (κ1) is 36.3. The predicted molar refractivity (Wildman–Crippen MR) is 274 cm³/mol. The van der Waals surface area contributed by atoms with E-state index in [1.54, 1.807) is 0 Å². The van der Waals surface area contributed by atoms with Crippen molar-refractivity contribution in [3.8, 4) is 11.4 Å². The Bertz CT molecular complexity index is 4170. The average molecular weight is 849 g/mol. The molecule has 3 aromatic heterocycles. The molecule has 0 radical (unpaired) electrons. The normalized spacial score (nSPS) is 12.4. The smallest absolute Gasteiger partial charge is 0.171 e. The van der Waals surface area contributed by atoms with E-state index in [1.807, 2.05) is 12.1 Å². The fraction of sp³-hybridized carbons (Fsp3) is 0. The fourth-order valence-electron chi connectivity index (χ4n) is 10.8. The minimum absolute atomic E-state index is 0.789. The first-order chi connectivity index (χ1) is 32.1. The Morgan fingerprint density at radius 2 is 0.677 bits per heavy atom. The van der Waals surface area contributed by atoms with Crippen LogP contribution in [0.5, 0.6) is 0 Å². The van der Waals surface area contributed by atoms with Gasteiger partial charge in [0.2, 0.25) is 0 Å². The van der Waals surface area contributed by atoms with Gasteiger partial charge in [-0.15, -0.1) is 0 Å². The van der Waals surface area contributed by atoms with Gasteiger partial charge in [0, 0.05) is 59.6 Å². The third kappa shape index (κ3) is 5.17. The Balaban J connectivity index is 1.07.